The minimum absolute atomic E-state index is 0.0843. The summed E-state index contributed by atoms with van der Waals surface area (Å²) in [6, 6.07) is 17.5. The van der Waals surface area contributed by atoms with E-state index in [0.29, 0.717) is 53.7 Å². The van der Waals surface area contributed by atoms with Gasteiger partial charge in [-0.05, 0) is 67.3 Å². The highest BCUT2D eigenvalue weighted by Crippen LogP contribution is 2.37. The van der Waals surface area contributed by atoms with Gasteiger partial charge >= 0.3 is 0 Å². The molecule has 2 aliphatic rings. The summed E-state index contributed by atoms with van der Waals surface area (Å²) < 4.78 is 13.6. The number of carbonyl (C=O) groups excluding carboxylic acids is 1. The van der Waals surface area contributed by atoms with Crippen molar-refractivity contribution < 1.29 is 14.1 Å². The number of benzene rings is 2. The van der Waals surface area contributed by atoms with E-state index in [9.17, 15) is 9.59 Å². The molecule has 222 valence electrons. The van der Waals surface area contributed by atoms with Gasteiger partial charge in [-0.15, -0.1) is 0 Å². The SMILES string of the molecule is CC(C)c1ccc(-c2ccc(Oc3cc(-c4nc(C5CC(=O)N(C6CC6)C5)no4)ccc3Cn3ccncc3=O)cc2)nn1. The predicted octanol–water partition coefficient (Wildman–Crippen LogP) is 5.19. The summed E-state index contributed by atoms with van der Waals surface area (Å²) in [7, 11) is 0. The number of nitrogens with zero attached hydrogens (tertiary/aromatic N) is 7. The molecule has 0 N–H and O–H groups in total. The lowest BCUT2D eigenvalue weighted by molar-refractivity contribution is -0.128. The van der Waals surface area contributed by atoms with Gasteiger partial charge in [0.15, 0.2) is 5.82 Å². The zero-order valence-corrected chi connectivity index (χ0v) is 24.5. The van der Waals surface area contributed by atoms with Gasteiger partial charge in [0, 0.05) is 54.0 Å². The number of rotatable bonds is 9. The molecule has 11 heteroatoms. The molecule has 11 nitrogen and oxygen atoms in total. The first-order valence-electron chi connectivity index (χ1n) is 14.8. The van der Waals surface area contributed by atoms with Crippen molar-refractivity contribution >= 4 is 5.91 Å². The van der Waals surface area contributed by atoms with Crippen LogP contribution in [0.2, 0.25) is 0 Å². The lowest BCUT2D eigenvalue weighted by atomic mass is 10.1. The maximum atomic E-state index is 12.5. The van der Waals surface area contributed by atoms with Gasteiger partial charge in [-0.25, -0.2) is 0 Å². The molecule has 0 spiro atoms. The van der Waals surface area contributed by atoms with Crippen LogP contribution in [0.25, 0.3) is 22.7 Å². The molecule has 1 unspecified atom stereocenters. The zero-order chi connectivity index (χ0) is 30.2. The maximum absolute atomic E-state index is 12.5. The fourth-order valence-electron chi connectivity index (χ4n) is 5.39. The van der Waals surface area contributed by atoms with Crippen molar-refractivity contribution in [3.63, 3.8) is 0 Å². The Morgan fingerprint density at radius 2 is 1.82 bits per heavy atom. The van der Waals surface area contributed by atoms with Gasteiger partial charge in [0.05, 0.1) is 24.1 Å². The van der Waals surface area contributed by atoms with Crippen LogP contribution in [0.3, 0.4) is 0 Å². The van der Waals surface area contributed by atoms with Crippen LogP contribution in [0, 0.1) is 0 Å². The molecule has 3 aromatic heterocycles. The van der Waals surface area contributed by atoms with Gasteiger partial charge in [-0.3, -0.25) is 14.6 Å². The average molecular weight is 590 g/mol. The van der Waals surface area contributed by atoms with E-state index in [1.807, 2.05) is 59.5 Å². The second-order valence-electron chi connectivity index (χ2n) is 11.6. The molecule has 1 saturated heterocycles. The first-order valence-corrected chi connectivity index (χ1v) is 14.8. The smallest absolute Gasteiger partial charge is 0.269 e. The summed E-state index contributed by atoms with van der Waals surface area (Å²) in [5.41, 5.74) is 3.87. The van der Waals surface area contributed by atoms with Gasteiger partial charge in [-0.2, -0.15) is 15.2 Å². The van der Waals surface area contributed by atoms with Gasteiger partial charge < -0.3 is 18.7 Å². The Balaban J connectivity index is 1.16. The largest absolute Gasteiger partial charge is 0.457 e. The molecular weight excluding hydrogens is 558 g/mol. The fourth-order valence-corrected chi connectivity index (χ4v) is 5.39. The molecule has 1 saturated carbocycles. The third kappa shape index (κ3) is 5.72. The molecule has 1 aliphatic heterocycles. The molecule has 5 aromatic rings. The highest BCUT2D eigenvalue weighted by atomic mass is 16.5. The monoisotopic (exact) mass is 589 g/mol. The summed E-state index contributed by atoms with van der Waals surface area (Å²) >= 11 is 0. The van der Waals surface area contributed by atoms with Crippen molar-refractivity contribution in [1.29, 1.82) is 0 Å². The lowest BCUT2D eigenvalue weighted by Crippen LogP contribution is -2.27. The van der Waals surface area contributed by atoms with Crippen LogP contribution < -0.4 is 10.3 Å². The van der Waals surface area contributed by atoms with E-state index in [-0.39, 0.29) is 23.9 Å². The number of hydrogen-bond donors (Lipinski definition) is 0. The Morgan fingerprint density at radius 1 is 1.00 bits per heavy atom. The Labute approximate surface area is 253 Å². The number of carbonyl (C=O) groups is 1. The first kappa shape index (κ1) is 27.6. The van der Waals surface area contributed by atoms with Crippen LogP contribution in [-0.4, -0.2) is 53.3 Å². The molecule has 7 rings (SSSR count). The fraction of sp³-hybridized carbons (Fsp3) is 0.303. The predicted molar refractivity (Wildman–Crippen MR) is 161 cm³/mol. The maximum Gasteiger partial charge on any atom is 0.269 e. The highest BCUT2D eigenvalue weighted by molar-refractivity contribution is 5.80. The van der Waals surface area contributed by atoms with Crippen LogP contribution in [0.4, 0.5) is 0 Å². The standard InChI is InChI=1S/C33H31N7O4/c1-20(2)27-11-12-28(37-36-27)21-5-9-26(10-6-21)43-29-15-22(3-4-23(29)18-39-14-13-34-17-31(39)42)33-35-32(38-44-33)24-16-30(41)40(19-24)25-7-8-25/h3-6,9-15,17,20,24-25H,7-8,16,18-19H2,1-2H3. The molecule has 1 amide bonds. The van der Waals surface area contributed by atoms with Crippen molar-refractivity contribution in [2.75, 3.05) is 6.54 Å². The molecule has 4 heterocycles. The quantitative estimate of drug-likeness (QED) is 0.228. The van der Waals surface area contributed by atoms with Crippen molar-refractivity contribution in [2.45, 2.75) is 57.5 Å². The van der Waals surface area contributed by atoms with Crippen LogP contribution in [0.1, 0.15) is 62.0 Å². The molecule has 44 heavy (non-hydrogen) atoms. The molecule has 2 aromatic carbocycles. The summed E-state index contributed by atoms with van der Waals surface area (Å²) in [5, 5.41) is 12.9. The minimum atomic E-state index is -0.218. The molecule has 1 atom stereocenters. The van der Waals surface area contributed by atoms with E-state index >= 15 is 0 Å². The molecule has 2 fully saturated rings. The number of likely N-dealkylation sites (tertiary alicyclic amines) is 1. The average Bonchev–Trinajstić information content (AvgIpc) is 3.62. The summed E-state index contributed by atoms with van der Waals surface area (Å²) in [5.74, 6) is 2.40. The Morgan fingerprint density at radius 3 is 2.55 bits per heavy atom. The second kappa shape index (κ2) is 11.5. The van der Waals surface area contributed by atoms with Crippen LogP contribution in [-0.2, 0) is 11.3 Å². The van der Waals surface area contributed by atoms with E-state index < -0.39 is 0 Å². The summed E-state index contributed by atoms with van der Waals surface area (Å²) in [6.07, 6.45) is 7.02. The molecule has 0 bridgehead atoms. The highest BCUT2D eigenvalue weighted by Gasteiger charge is 2.41. The zero-order valence-electron chi connectivity index (χ0n) is 24.5. The van der Waals surface area contributed by atoms with Crippen molar-refractivity contribution in [1.82, 2.24) is 34.8 Å². The van der Waals surface area contributed by atoms with E-state index in [1.54, 1.807) is 17.0 Å². The molecule has 0 radical (unpaired) electrons. The summed E-state index contributed by atoms with van der Waals surface area (Å²) in [4.78, 5) is 35.4. The van der Waals surface area contributed by atoms with Crippen molar-refractivity contribution in [3.8, 4) is 34.2 Å². The Hall–Kier alpha value is -5.19. The van der Waals surface area contributed by atoms with E-state index in [0.717, 1.165) is 35.4 Å². The van der Waals surface area contributed by atoms with E-state index in [4.69, 9.17) is 9.26 Å². The van der Waals surface area contributed by atoms with Crippen LogP contribution >= 0.6 is 0 Å². The third-order valence-electron chi connectivity index (χ3n) is 8.06. The van der Waals surface area contributed by atoms with Gasteiger partial charge in [0.1, 0.15) is 11.5 Å². The van der Waals surface area contributed by atoms with Gasteiger partial charge in [0.25, 0.3) is 11.4 Å². The normalized spacial score (nSPS) is 16.6. The lowest BCUT2D eigenvalue weighted by Gasteiger charge is -2.14. The third-order valence-corrected chi connectivity index (χ3v) is 8.06. The second-order valence-corrected chi connectivity index (χ2v) is 11.6. The molecular formula is C33H31N7O4. The van der Waals surface area contributed by atoms with Gasteiger partial charge in [0.2, 0.25) is 5.91 Å². The minimum Gasteiger partial charge on any atom is -0.457 e. The van der Waals surface area contributed by atoms with E-state index in [1.165, 1.54) is 6.20 Å². The van der Waals surface area contributed by atoms with E-state index in [2.05, 4.69) is 39.2 Å². The first-order chi connectivity index (χ1) is 21.4. The Kier molecular flexibility index (Phi) is 7.21. The Bertz CT molecular complexity index is 1860. The number of hydrogen-bond acceptors (Lipinski definition) is 9. The van der Waals surface area contributed by atoms with Crippen molar-refractivity contribution in [2.24, 2.45) is 0 Å². The summed E-state index contributed by atoms with van der Waals surface area (Å²) in [6.45, 7) is 5.08. The number of ether oxygens (including phenoxy) is 1. The van der Waals surface area contributed by atoms with Crippen LogP contribution in [0.5, 0.6) is 11.5 Å². The number of aromatic nitrogens is 6. The molecule has 1 aliphatic carbocycles. The van der Waals surface area contributed by atoms with Gasteiger partial charge in [-0.1, -0.05) is 25.1 Å². The van der Waals surface area contributed by atoms with Crippen LogP contribution in [0.15, 0.2) is 82.5 Å². The number of amides is 1. The topological polar surface area (TPSA) is 129 Å². The van der Waals surface area contributed by atoms with Crippen molar-refractivity contribution in [3.05, 3.63) is 101 Å².